The molecule has 3 N–H and O–H groups in total. The first kappa shape index (κ1) is 12.9. The van der Waals surface area contributed by atoms with E-state index in [1.807, 2.05) is 18.2 Å². The molecule has 0 unspecified atom stereocenters. The first-order valence-corrected chi connectivity index (χ1v) is 6.29. The summed E-state index contributed by atoms with van der Waals surface area (Å²) in [6.45, 7) is 4.11. The van der Waals surface area contributed by atoms with Gasteiger partial charge in [0.05, 0.1) is 11.6 Å². The van der Waals surface area contributed by atoms with E-state index in [2.05, 4.69) is 24.2 Å². The highest BCUT2D eigenvalue weighted by Gasteiger charge is 2.31. The van der Waals surface area contributed by atoms with Crippen LogP contribution in [0.5, 0.6) is 0 Å². The van der Waals surface area contributed by atoms with Gasteiger partial charge < -0.3 is 11.1 Å². The number of anilines is 1. The molecule has 1 aromatic carbocycles. The zero-order chi connectivity index (χ0) is 13.3. The average molecular weight is 266 g/mol. The lowest BCUT2D eigenvalue weighted by Crippen LogP contribution is -2.32. The molecule has 0 radical (unpaired) electrons. The SMILES string of the molecule is CC1(C)CC(=O)Nc2cc(N=C(N)CCl)ccc21. The second-order valence-corrected chi connectivity index (χ2v) is 5.34. The number of carbonyl (C=O) groups excluding carboxylic acids is 1. The van der Waals surface area contributed by atoms with Gasteiger partial charge in [0.2, 0.25) is 5.91 Å². The van der Waals surface area contributed by atoms with Crippen LogP contribution in [0.25, 0.3) is 0 Å². The number of nitrogens with one attached hydrogen (secondary N) is 1. The highest BCUT2D eigenvalue weighted by atomic mass is 35.5. The first-order valence-electron chi connectivity index (χ1n) is 5.76. The second kappa shape index (κ2) is 4.61. The number of aliphatic imine (C=N–C) groups is 1. The van der Waals surface area contributed by atoms with Crippen LogP contribution < -0.4 is 11.1 Å². The molecule has 1 heterocycles. The summed E-state index contributed by atoms with van der Waals surface area (Å²) in [5, 5.41) is 2.87. The van der Waals surface area contributed by atoms with Crippen molar-refractivity contribution in [2.24, 2.45) is 10.7 Å². The van der Waals surface area contributed by atoms with Crippen molar-refractivity contribution in [1.29, 1.82) is 0 Å². The van der Waals surface area contributed by atoms with Crippen molar-refractivity contribution in [3.05, 3.63) is 23.8 Å². The van der Waals surface area contributed by atoms with E-state index in [4.69, 9.17) is 17.3 Å². The molecule has 0 saturated heterocycles. The summed E-state index contributed by atoms with van der Waals surface area (Å²) >= 11 is 5.59. The van der Waals surface area contributed by atoms with E-state index in [1.54, 1.807) is 0 Å². The summed E-state index contributed by atoms with van der Waals surface area (Å²) in [4.78, 5) is 15.8. The van der Waals surface area contributed by atoms with E-state index in [0.29, 0.717) is 17.9 Å². The number of hydrogen-bond donors (Lipinski definition) is 2. The van der Waals surface area contributed by atoms with Gasteiger partial charge in [0.25, 0.3) is 0 Å². The van der Waals surface area contributed by atoms with Gasteiger partial charge >= 0.3 is 0 Å². The predicted molar refractivity (Wildman–Crippen MR) is 74.7 cm³/mol. The van der Waals surface area contributed by atoms with Gasteiger partial charge in [0.15, 0.2) is 0 Å². The lowest BCUT2D eigenvalue weighted by molar-refractivity contribution is -0.117. The Bertz CT molecular complexity index is 523. The van der Waals surface area contributed by atoms with Gasteiger partial charge in [-0.2, -0.15) is 0 Å². The number of rotatable bonds is 2. The van der Waals surface area contributed by atoms with Crippen LogP contribution in [0.1, 0.15) is 25.8 Å². The summed E-state index contributed by atoms with van der Waals surface area (Å²) in [6.07, 6.45) is 0.492. The summed E-state index contributed by atoms with van der Waals surface area (Å²) in [5.74, 6) is 0.575. The molecule has 0 atom stereocenters. The molecular weight excluding hydrogens is 250 g/mol. The molecule has 5 heteroatoms. The molecule has 1 aliphatic heterocycles. The maximum atomic E-state index is 11.6. The molecule has 4 nitrogen and oxygen atoms in total. The summed E-state index contributed by atoms with van der Waals surface area (Å²) < 4.78 is 0. The molecule has 0 aliphatic carbocycles. The Balaban J connectivity index is 2.44. The van der Waals surface area contributed by atoms with Gasteiger partial charge in [-0.1, -0.05) is 19.9 Å². The van der Waals surface area contributed by atoms with E-state index in [0.717, 1.165) is 11.3 Å². The van der Waals surface area contributed by atoms with Gasteiger partial charge in [0, 0.05) is 17.5 Å². The number of nitrogens with zero attached hydrogens (tertiary/aromatic N) is 1. The van der Waals surface area contributed by atoms with Gasteiger partial charge in [-0.05, 0) is 17.7 Å². The molecule has 1 aromatic rings. The van der Waals surface area contributed by atoms with E-state index >= 15 is 0 Å². The van der Waals surface area contributed by atoms with Crippen molar-refractivity contribution in [1.82, 2.24) is 0 Å². The Hall–Kier alpha value is -1.55. The Morgan fingerprint density at radius 2 is 2.28 bits per heavy atom. The minimum atomic E-state index is -0.155. The summed E-state index contributed by atoms with van der Waals surface area (Å²) in [7, 11) is 0. The largest absolute Gasteiger partial charge is 0.386 e. The number of fused-ring (bicyclic) bond motifs is 1. The zero-order valence-corrected chi connectivity index (χ0v) is 11.2. The summed E-state index contributed by atoms with van der Waals surface area (Å²) in [6, 6.07) is 5.69. The number of carbonyl (C=O) groups is 1. The third-order valence-corrected chi connectivity index (χ3v) is 3.29. The van der Waals surface area contributed by atoms with Crippen LogP contribution in [0.2, 0.25) is 0 Å². The molecule has 0 spiro atoms. The van der Waals surface area contributed by atoms with Gasteiger partial charge in [0.1, 0.15) is 5.84 Å². The van der Waals surface area contributed by atoms with Gasteiger partial charge in [-0.3, -0.25) is 4.79 Å². The van der Waals surface area contributed by atoms with Crippen molar-refractivity contribution in [2.45, 2.75) is 25.7 Å². The second-order valence-electron chi connectivity index (χ2n) is 5.08. The van der Waals surface area contributed by atoms with Crippen LogP contribution in [0.15, 0.2) is 23.2 Å². The molecule has 1 aliphatic rings. The zero-order valence-electron chi connectivity index (χ0n) is 10.5. The predicted octanol–water partition coefficient (Wildman–Crippen LogP) is 2.53. The molecule has 0 bridgehead atoms. The molecule has 0 saturated carbocycles. The highest BCUT2D eigenvalue weighted by Crippen LogP contribution is 2.38. The molecule has 1 amide bonds. The minimum Gasteiger partial charge on any atom is -0.386 e. The molecule has 2 rings (SSSR count). The van der Waals surface area contributed by atoms with E-state index in [1.165, 1.54) is 0 Å². The van der Waals surface area contributed by atoms with Crippen LogP contribution in [0.4, 0.5) is 11.4 Å². The Morgan fingerprint density at radius 3 is 2.94 bits per heavy atom. The van der Waals surface area contributed by atoms with E-state index in [-0.39, 0.29) is 17.2 Å². The minimum absolute atomic E-state index is 0.0268. The normalized spacial score (nSPS) is 18.2. The third kappa shape index (κ3) is 2.48. The van der Waals surface area contributed by atoms with Crippen LogP contribution in [0.3, 0.4) is 0 Å². The van der Waals surface area contributed by atoms with Crippen molar-refractivity contribution >= 4 is 34.7 Å². The average Bonchev–Trinajstić information content (AvgIpc) is 2.26. The van der Waals surface area contributed by atoms with E-state index in [9.17, 15) is 4.79 Å². The van der Waals surface area contributed by atoms with Crippen molar-refractivity contribution in [2.75, 3.05) is 11.2 Å². The number of amides is 1. The van der Waals surface area contributed by atoms with Gasteiger partial charge in [-0.15, -0.1) is 11.6 Å². The molecular formula is C13H16ClN3O. The number of amidine groups is 1. The number of alkyl halides is 1. The number of nitrogens with two attached hydrogens (primary N) is 1. The first-order chi connectivity index (χ1) is 8.42. The van der Waals surface area contributed by atoms with Crippen molar-refractivity contribution < 1.29 is 4.79 Å². The molecule has 0 fully saturated rings. The molecule has 96 valence electrons. The monoisotopic (exact) mass is 265 g/mol. The maximum absolute atomic E-state index is 11.6. The Morgan fingerprint density at radius 1 is 1.56 bits per heavy atom. The fourth-order valence-electron chi connectivity index (χ4n) is 2.18. The highest BCUT2D eigenvalue weighted by molar-refractivity contribution is 6.28. The van der Waals surface area contributed by atoms with Crippen LogP contribution in [-0.4, -0.2) is 17.6 Å². The Labute approximate surface area is 111 Å². The molecule has 18 heavy (non-hydrogen) atoms. The standard InChI is InChI=1S/C13H16ClN3O/c1-13(2)6-12(18)17-10-5-8(3-4-9(10)13)16-11(15)7-14/h3-5H,6-7H2,1-2H3,(H2,15,16)(H,17,18). The Kier molecular flexibility index (Phi) is 3.30. The number of hydrogen-bond acceptors (Lipinski definition) is 2. The fourth-order valence-corrected chi connectivity index (χ4v) is 2.24. The third-order valence-electron chi connectivity index (χ3n) is 3.02. The van der Waals surface area contributed by atoms with Crippen LogP contribution in [-0.2, 0) is 10.2 Å². The lowest BCUT2D eigenvalue weighted by atomic mass is 9.78. The maximum Gasteiger partial charge on any atom is 0.225 e. The number of benzene rings is 1. The van der Waals surface area contributed by atoms with Crippen LogP contribution >= 0.6 is 11.6 Å². The van der Waals surface area contributed by atoms with Gasteiger partial charge in [-0.25, -0.2) is 4.99 Å². The topological polar surface area (TPSA) is 67.5 Å². The lowest BCUT2D eigenvalue weighted by Gasteiger charge is -2.32. The quantitative estimate of drug-likeness (QED) is 0.490. The van der Waals surface area contributed by atoms with Crippen molar-refractivity contribution in [3.8, 4) is 0 Å². The number of halogens is 1. The smallest absolute Gasteiger partial charge is 0.225 e. The molecule has 0 aromatic heterocycles. The summed E-state index contributed by atoms with van der Waals surface area (Å²) in [5.41, 5.74) is 8.06. The van der Waals surface area contributed by atoms with Crippen molar-refractivity contribution in [3.63, 3.8) is 0 Å². The van der Waals surface area contributed by atoms with E-state index < -0.39 is 0 Å². The van der Waals surface area contributed by atoms with Crippen LogP contribution in [0, 0.1) is 0 Å². The fraction of sp³-hybridized carbons (Fsp3) is 0.385.